The van der Waals surface area contributed by atoms with E-state index in [0.717, 1.165) is 15.9 Å². The maximum absolute atomic E-state index is 12.0. The van der Waals surface area contributed by atoms with Crippen molar-refractivity contribution in [1.82, 2.24) is 24.7 Å². The monoisotopic (exact) mass is 364 g/mol. The zero-order valence-electron chi connectivity index (χ0n) is 11.9. The third-order valence-corrected chi connectivity index (χ3v) is 4.27. The predicted molar refractivity (Wildman–Crippen MR) is 81.5 cm³/mol. The molecule has 9 heteroatoms. The summed E-state index contributed by atoms with van der Waals surface area (Å²) in [5, 5.41) is 14.9. The lowest BCUT2D eigenvalue weighted by Gasteiger charge is -2.04. The van der Waals surface area contributed by atoms with Crippen LogP contribution < -0.4 is 5.32 Å². The van der Waals surface area contributed by atoms with Crippen molar-refractivity contribution in [3.8, 4) is 0 Å². The van der Waals surface area contributed by atoms with Gasteiger partial charge in [0.05, 0.1) is 15.9 Å². The summed E-state index contributed by atoms with van der Waals surface area (Å²) in [4.78, 5) is 12.0. The number of nitrogens with zero attached hydrogens (tertiary/aromatic N) is 5. The maximum atomic E-state index is 12.0. The molecule has 0 unspecified atom stereocenters. The number of aromatic nitrogens is 5. The van der Waals surface area contributed by atoms with Crippen molar-refractivity contribution in [2.75, 3.05) is 5.32 Å². The quantitative estimate of drug-likeness (QED) is 0.766. The molecule has 3 rings (SSSR count). The lowest BCUT2D eigenvalue weighted by molar-refractivity contribution is 0.102. The highest BCUT2D eigenvalue weighted by atomic mass is 79.9. The predicted octanol–water partition coefficient (Wildman–Crippen LogP) is 2.21. The first kappa shape index (κ1) is 14.5. The standard InChI is InChI=1S/C13H13BrN6O2/c1-8-12(14)9(2)20(16-8)7-19-5-3-10(17-19)13(21)15-11-4-6-22-18-11/h3-6H,7H2,1-2H3,(H,15,18,21). The molecule has 3 aromatic rings. The van der Waals surface area contributed by atoms with Gasteiger partial charge in [-0.05, 0) is 35.8 Å². The van der Waals surface area contributed by atoms with Crippen LogP contribution in [0.5, 0.6) is 0 Å². The van der Waals surface area contributed by atoms with E-state index in [1.165, 1.54) is 6.26 Å². The van der Waals surface area contributed by atoms with Crippen LogP contribution in [0.15, 0.2) is 33.6 Å². The van der Waals surface area contributed by atoms with Crippen LogP contribution in [0.2, 0.25) is 0 Å². The molecule has 0 saturated heterocycles. The van der Waals surface area contributed by atoms with Gasteiger partial charge in [0.25, 0.3) is 5.91 Å². The third kappa shape index (κ3) is 2.80. The first-order chi connectivity index (χ1) is 10.5. The molecule has 0 aromatic carbocycles. The van der Waals surface area contributed by atoms with Gasteiger partial charge < -0.3 is 9.84 Å². The molecule has 3 aromatic heterocycles. The van der Waals surface area contributed by atoms with E-state index in [-0.39, 0.29) is 5.91 Å². The zero-order chi connectivity index (χ0) is 15.7. The van der Waals surface area contributed by atoms with Crippen LogP contribution in [0.3, 0.4) is 0 Å². The molecule has 0 saturated carbocycles. The molecule has 1 amide bonds. The topological polar surface area (TPSA) is 90.8 Å². The number of amides is 1. The highest BCUT2D eigenvalue weighted by Gasteiger charge is 2.13. The van der Waals surface area contributed by atoms with E-state index >= 15 is 0 Å². The molecule has 1 N–H and O–H groups in total. The average Bonchev–Trinajstić information content (AvgIpc) is 3.20. The summed E-state index contributed by atoms with van der Waals surface area (Å²) in [5.74, 6) is 0.00391. The molecule has 0 fully saturated rings. The number of aryl methyl sites for hydroxylation is 1. The van der Waals surface area contributed by atoms with Crippen molar-refractivity contribution in [2.24, 2.45) is 0 Å². The molecule has 0 aliphatic rings. The van der Waals surface area contributed by atoms with Gasteiger partial charge in [0.1, 0.15) is 12.9 Å². The van der Waals surface area contributed by atoms with Crippen LogP contribution >= 0.6 is 15.9 Å². The molecule has 3 heterocycles. The van der Waals surface area contributed by atoms with Crippen LogP contribution in [-0.4, -0.2) is 30.6 Å². The second-order valence-electron chi connectivity index (χ2n) is 4.71. The smallest absolute Gasteiger partial charge is 0.277 e. The van der Waals surface area contributed by atoms with Crippen LogP contribution in [0.25, 0.3) is 0 Å². The summed E-state index contributed by atoms with van der Waals surface area (Å²) < 4.78 is 9.09. The minimum absolute atomic E-state index is 0.295. The Morgan fingerprint density at radius 1 is 1.36 bits per heavy atom. The van der Waals surface area contributed by atoms with Crippen LogP contribution in [-0.2, 0) is 6.67 Å². The van der Waals surface area contributed by atoms with E-state index in [0.29, 0.717) is 18.2 Å². The van der Waals surface area contributed by atoms with Crippen LogP contribution in [0.4, 0.5) is 5.82 Å². The summed E-state index contributed by atoms with van der Waals surface area (Å²) >= 11 is 3.48. The Morgan fingerprint density at radius 3 is 2.82 bits per heavy atom. The van der Waals surface area contributed by atoms with Gasteiger partial charge in [0.15, 0.2) is 11.5 Å². The van der Waals surface area contributed by atoms with Gasteiger partial charge in [0, 0.05) is 12.3 Å². The van der Waals surface area contributed by atoms with E-state index < -0.39 is 0 Å². The summed E-state index contributed by atoms with van der Waals surface area (Å²) in [6.07, 6.45) is 3.11. The minimum Gasteiger partial charge on any atom is -0.363 e. The van der Waals surface area contributed by atoms with E-state index in [2.05, 4.69) is 41.1 Å². The van der Waals surface area contributed by atoms with Crippen molar-refractivity contribution >= 4 is 27.7 Å². The Balaban J connectivity index is 1.73. The number of carbonyl (C=O) groups is 1. The van der Waals surface area contributed by atoms with Gasteiger partial charge in [0.2, 0.25) is 0 Å². The number of anilines is 1. The minimum atomic E-state index is -0.345. The zero-order valence-corrected chi connectivity index (χ0v) is 13.5. The van der Waals surface area contributed by atoms with Crippen LogP contribution in [0.1, 0.15) is 21.9 Å². The number of nitrogens with one attached hydrogen (secondary N) is 1. The first-order valence-corrected chi connectivity index (χ1v) is 7.28. The fourth-order valence-corrected chi connectivity index (χ4v) is 2.25. The highest BCUT2D eigenvalue weighted by Crippen LogP contribution is 2.19. The summed E-state index contributed by atoms with van der Waals surface area (Å²) in [5.41, 5.74) is 2.21. The second-order valence-corrected chi connectivity index (χ2v) is 5.50. The normalized spacial score (nSPS) is 10.9. The first-order valence-electron chi connectivity index (χ1n) is 6.49. The molecule has 0 atom stereocenters. The van der Waals surface area contributed by atoms with Crippen molar-refractivity contribution in [1.29, 1.82) is 0 Å². The number of carbonyl (C=O) groups excluding carboxylic acids is 1. The Morgan fingerprint density at radius 2 is 2.18 bits per heavy atom. The van der Waals surface area contributed by atoms with Crippen molar-refractivity contribution < 1.29 is 9.32 Å². The number of halogens is 1. The molecular weight excluding hydrogens is 352 g/mol. The molecule has 0 radical (unpaired) electrons. The average molecular weight is 365 g/mol. The Kier molecular flexibility index (Phi) is 3.80. The van der Waals surface area contributed by atoms with Gasteiger partial charge in [-0.25, -0.2) is 4.68 Å². The second kappa shape index (κ2) is 5.76. The van der Waals surface area contributed by atoms with Crippen molar-refractivity contribution in [2.45, 2.75) is 20.5 Å². The maximum Gasteiger partial charge on any atom is 0.277 e. The Hall–Kier alpha value is -2.42. The van der Waals surface area contributed by atoms with Crippen molar-refractivity contribution in [3.05, 3.63) is 46.1 Å². The molecule has 8 nitrogen and oxygen atoms in total. The molecule has 0 aliphatic carbocycles. The molecule has 0 aliphatic heterocycles. The largest absolute Gasteiger partial charge is 0.363 e. The van der Waals surface area contributed by atoms with E-state index in [9.17, 15) is 4.79 Å². The number of rotatable bonds is 4. The molecule has 114 valence electrons. The Bertz CT molecular complexity index is 805. The highest BCUT2D eigenvalue weighted by molar-refractivity contribution is 9.10. The summed E-state index contributed by atoms with van der Waals surface area (Å²) in [6.45, 7) is 4.31. The number of hydrogen-bond acceptors (Lipinski definition) is 5. The Labute approximate surface area is 134 Å². The van der Waals surface area contributed by atoms with Crippen LogP contribution in [0, 0.1) is 13.8 Å². The van der Waals surface area contributed by atoms with Gasteiger partial charge in [-0.1, -0.05) is 5.16 Å². The van der Waals surface area contributed by atoms with E-state index in [1.807, 2.05) is 18.5 Å². The van der Waals surface area contributed by atoms with E-state index in [4.69, 9.17) is 0 Å². The van der Waals surface area contributed by atoms with Gasteiger partial charge >= 0.3 is 0 Å². The molecule has 0 spiro atoms. The number of hydrogen-bond donors (Lipinski definition) is 1. The lowest BCUT2D eigenvalue weighted by Crippen LogP contribution is -2.15. The summed E-state index contributed by atoms with van der Waals surface area (Å²) in [7, 11) is 0. The van der Waals surface area contributed by atoms with Gasteiger partial charge in [-0.15, -0.1) is 0 Å². The lowest BCUT2D eigenvalue weighted by atomic mass is 10.4. The van der Waals surface area contributed by atoms with Crippen molar-refractivity contribution in [3.63, 3.8) is 0 Å². The van der Waals surface area contributed by atoms with Gasteiger partial charge in [-0.2, -0.15) is 10.2 Å². The summed E-state index contributed by atoms with van der Waals surface area (Å²) in [6, 6.07) is 3.19. The molecular formula is C13H13BrN6O2. The molecule has 0 bridgehead atoms. The third-order valence-electron chi connectivity index (χ3n) is 3.12. The van der Waals surface area contributed by atoms with Gasteiger partial charge in [-0.3, -0.25) is 9.48 Å². The fourth-order valence-electron chi connectivity index (χ4n) is 1.97. The van der Waals surface area contributed by atoms with E-state index in [1.54, 1.807) is 23.0 Å². The SMILES string of the molecule is Cc1nn(Cn2ccc(C(=O)Nc3ccon3)n2)c(C)c1Br. The molecule has 22 heavy (non-hydrogen) atoms. The fraction of sp³-hybridized carbons (Fsp3) is 0.231.